The third kappa shape index (κ3) is 22.1. The van der Waals surface area contributed by atoms with Crippen molar-refractivity contribution in [2.75, 3.05) is 13.2 Å². The number of rotatable bonds is 26. The average Bonchev–Trinajstić information content (AvgIpc) is 3.61. The molecule has 1 saturated carbocycles. The predicted molar refractivity (Wildman–Crippen MR) is 153 cm³/mol. The van der Waals surface area contributed by atoms with Crippen molar-refractivity contribution < 1.29 is 19.8 Å². The highest BCUT2D eigenvalue weighted by molar-refractivity contribution is 5.89. The third-order valence-electron chi connectivity index (χ3n) is 7.04. The van der Waals surface area contributed by atoms with Crippen LogP contribution in [-0.4, -0.2) is 47.3 Å². The standard InChI is InChI=1S/C31H56N2O4/c34-25-21-17-13-9-5-1-3-7-11-15-19-23-30(36)32-28-27-29(28)33-31(37)24-20-16-12-8-4-2-6-10-14-18-22-26-35/h19-20,23-24,28-29,34-35H,1-18,21-22,25-27H2,(H,32,36)(H,33,37)/b23-19+,24-20+/t28-,29+. The maximum atomic E-state index is 12.1. The summed E-state index contributed by atoms with van der Waals surface area (Å²) in [4.78, 5) is 24.1. The maximum absolute atomic E-state index is 12.1. The van der Waals surface area contributed by atoms with Crippen molar-refractivity contribution in [3.8, 4) is 0 Å². The Morgan fingerprint density at radius 2 is 0.811 bits per heavy atom. The van der Waals surface area contributed by atoms with Gasteiger partial charge in [0.05, 0.1) is 12.1 Å². The zero-order valence-electron chi connectivity index (χ0n) is 23.4. The summed E-state index contributed by atoms with van der Waals surface area (Å²) in [6.45, 7) is 0.632. The molecule has 0 aromatic rings. The number of allylic oxidation sites excluding steroid dienone is 2. The lowest BCUT2D eigenvalue weighted by Crippen LogP contribution is -2.33. The van der Waals surface area contributed by atoms with E-state index in [0.717, 1.165) is 57.8 Å². The Morgan fingerprint density at radius 1 is 0.514 bits per heavy atom. The molecule has 0 bridgehead atoms. The van der Waals surface area contributed by atoms with Gasteiger partial charge in [0.2, 0.25) is 11.8 Å². The smallest absolute Gasteiger partial charge is 0.243 e. The van der Waals surface area contributed by atoms with E-state index in [1.165, 1.54) is 77.0 Å². The molecule has 0 aromatic carbocycles. The highest BCUT2D eigenvalue weighted by Crippen LogP contribution is 2.21. The Hall–Kier alpha value is -1.66. The largest absolute Gasteiger partial charge is 0.396 e. The van der Waals surface area contributed by atoms with Crippen molar-refractivity contribution in [2.45, 2.75) is 147 Å². The average molecular weight is 521 g/mol. The first-order valence-electron chi connectivity index (χ1n) is 15.3. The Morgan fingerprint density at radius 3 is 1.14 bits per heavy atom. The topological polar surface area (TPSA) is 98.7 Å². The molecule has 214 valence electrons. The number of aliphatic hydroxyl groups excluding tert-OH is 2. The fraction of sp³-hybridized carbons (Fsp3) is 0.806. The van der Waals surface area contributed by atoms with Crippen molar-refractivity contribution in [3.05, 3.63) is 24.3 Å². The maximum Gasteiger partial charge on any atom is 0.243 e. The number of unbranched alkanes of at least 4 members (excludes halogenated alkanes) is 18. The fourth-order valence-corrected chi connectivity index (χ4v) is 4.58. The van der Waals surface area contributed by atoms with E-state index in [9.17, 15) is 9.59 Å². The van der Waals surface area contributed by atoms with Gasteiger partial charge in [0.25, 0.3) is 0 Å². The Labute approximate surface area is 226 Å². The van der Waals surface area contributed by atoms with E-state index in [0.29, 0.717) is 13.2 Å². The number of amides is 2. The third-order valence-corrected chi connectivity index (χ3v) is 7.04. The summed E-state index contributed by atoms with van der Waals surface area (Å²) in [7, 11) is 0. The minimum atomic E-state index is -0.0645. The van der Waals surface area contributed by atoms with E-state index < -0.39 is 0 Å². The monoisotopic (exact) mass is 520 g/mol. The van der Waals surface area contributed by atoms with Gasteiger partial charge in [-0.2, -0.15) is 0 Å². The fourth-order valence-electron chi connectivity index (χ4n) is 4.58. The second kappa shape index (κ2) is 24.7. The molecule has 1 fully saturated rings. The molecule has 0 heterocycles. The van der Waals surface area contributed by atoms with Crippen LogP contribution in [0.5, 0.6) is 0 Å². The number of aliphatic hydroxyl groups is 2. The van der Waals surface area contributed by atoms with Crippen molar-refractivity contribution >= 4 is 11.8 Å². The lowest BCUT2D eigenvalue weighted by atomic mass is 10.1. The van der Waals surface area contributed by atoms with Gasteiger partial charge in [-0.25, -0.2) is 0 Å². The molecule has 37 heavy (non-hydrogen) atoms. The van der Waals surface area contributed by atoms with Gasteiger partial charge >= 0.3 is 0 Å². The lowest BCUT2D eigenvalue weighted by Gasteiger charge is -2.03. The summed E-state index contributed by atoms with van der Waals surface area (Å²) in [5.74, 6) is -0.129. The molecular formula is C31H56N2O4. The second-order valence-electron chi connectivity index (χ2n) is 10.7. The lowest BCUT2D eigenvalue weighted by molar-refractivity contribution is -0.118. The number of hydrogen-bond acceptors (Lipinski definition) is 4. The molecule has 0 aromatic heterocycles. The van der Waals surface area contributed by atoms with Gasteiger partial charge in [-0.15, -0.1) is 0 Å². The van der Waals surface area contributed by atoms with Gasteiger partial charge in [0, 0.05) is 13.2 Å². The van der Waals surface area contributed by atoms with E-state index >= 15 is 0 Å². The van der Waals surface area contributed by atoms with Crippen molar-refractivity contribution in [3.63, 3.8) is 0 Å². The Balaban J connectivity index is 1.91. The molecule has 2 amide bonds. The normalized spacial score (nSPS) is 17.0. The molecule has 6 heteroatoms. The molecule has 2 atom stereocenters. The number of carbonyl (C=O) groups is 2. The quantitative estimate of drug-likeness (QED) is 0.0799. The molecule has 0 radical (unpaired) electrons. The zero-order valence-corrected chi connectivity index (χ0v) is 23.4. The van der Waals surface area contributed by atoms with Gasteiger partial charge in [0.15, 0.2) is 0 Å². The zero-order chi connectivity index (χ0) is 26.8. The first kappa shape index (κ1) is 33.4. The van der Waals surface area contributed by atoms with Crippen molar-refractivity contribution in [1.29, 1.82) is 0 Å². The van der Waals surface area contributed by atoms with E-state index in [1.807, 2.05) is 12.2 Å². The van der Waals surface area contributed by atoms with Crippen LogP contribution in [0.2, 0.25) is 0 Å². The molecule has 6 nitrogen and oxygen atoms in total. The summed E-state index contributed by atoms with van der Waals surface area (Å²) < 4.78 is 0. The first-order chi connectivity index (χ1) is 18.2. The molecule has 0 unspecified atom stereocenters. The van der Waals surface area contributed by atoms with Gasteiger partial charge in [-0.3, -0.25) is 9.59 Å². The number of hydrogen-bond donors (Lipinski definition) is 4. The summed E-state index contributed by atoms with van der Waals surface area (Å²) in [5, 5.41) is 23.5. The van der Waals surface area contributed by atoms with Crippen LogP contribution in [-0.2, 0) is 9.59 Å². The molecule has 0 aliphatic heterocycles. The van der Waals surface area contributed by atoms with E-state index in [2.05, 4.69) is 10.6 Å². The molecule has 1 aliphatic rings. The van der Waals surface area contributed by atoms with Crippen LogP contribution in [0.4, 0.5) is 0 Å². The predicted octanol–water partition coefficient (Wildman–Crippen LogP) is 6.26. The van der Waals surface area contributed by atoms with Crippen LogP contribution in [0.3, 0.4) is 0 Å². The second-order valence-corrected chi connectivity index (χ2v) is 10.7. The molecule has 4 N–H and O–H groups in total. The first-order valence-corrected chi connectivity index (χ1v) is 15.3. The van der Waals surface area contributed by atoms with Crippen LogP contribution in [0, 0.1) is 0 Å². The van der Waals surface area contributed by atoms with Crippen molar-refractivity contribution in [1.82, 2.24) is 10.6 Å². The molecule has 1 aliphatic carbocycles. The minimum Gasteiger partial charge on any atom is -0.396 e. The van der Waals surface area contributed by atoms with Crippen LogP contribution in [0.15, 0.2) is 24.3 Å². The van der Waals surface area contributed by atoms with Gasteiger partial charge in [-0.1, -0.05) is 102 Å². The van der Waals surface area contributed by atoms with Gasteiger partial charge in [0.1, 0.15) is 0 Å². The van der Waals surface area contributed by atoms with Gasteiger partial charge in [-0.05, 0) is 57.1 Å². The Kier molecular flexibility index (Phi) is 22.2. The van der Waals surface area contributed by atoms with Crippen molar-refractivity contribution in [2.24, 2.45) is 0 Å². The summed E-state index contributed by atoms with van der Waals surface area (Å²) in [5.41, 5.74) is 0. The number of nitrogens with one attached hydrogen (secondary N) is 2. The molecule has 0 spiro atoms. The van der Waals surface area contributed by atoms with E-state index in [4.69, 9.17) is 10.2 Å². The molecular weight excluding hydrogens is 464 g/mol. The SMILES string of the molecule is O=C(/C=C/CCCCCCCCCCCO)N[C@H]1C[C@H]1NC(=O)/C=C/CCCCCCCCCCCO. The summed E-state index contributed by atoms with van der Waals surface area (Å²) in [6, 6.07) is 0.103. The molecule has 0 saturated heterocycles. The van der Waals surface area contributed by atoms with Gasteiger partial charge < -0.3 is 20.8 Å². The van der Waals surface area contributed by atoms with Crippen LogP contribution in [0.25, 0.3) is 0 Å². The van der Waals surface area contributed by atoms with E-state index in [1.54, 1.807) is 12.2 Å². The number of carbonyl (C=O) groups excluding carboxylic acids is 2. The summed E-state index contributed by atoms with van der Waals surface area (Å²) in [6.07, 6.45) is 31.3. The minimum absolute atomic E-state index is 0.0514. The van der Waals surface area contributed by atoms with Crippen LogP contribution in [0.1, 0.15) is 135 Å². The van der Waals surface area contributed by atoms with E-state index in [-0.39, 0.29) is 23.9 Å². The molecule has 1 rings (SSSR count). The Bertz CT molecular complexity index is 568. The highest BCUT2D eigenvalue weighted by Gasteiger charge is 2.38. The van der Waals surface area contributed by atoms with Crippen LogP contribution >= 0.6 is 0 Å². The summed E-state index contributed by atoms with van der Waals surface area (Å²) >= 11 is 0. The van der Waals surface area contributed by atoms with Crippen LogP contribution < -0.4 is 10.6 Å². The highest BCUT2D eigenvalue weighted by atomic mass is 16.3.